The van der Waals surface area contributed by atoms with Gasteiger partial charge in [-0.2, -0.15) is 0 Å². The van der Waals surface area contributed by atoms with Crippen LogP contribution in [0.1, 0.15) is 25.3 Å². The van der Waals surface area contributed by atoms with E-state index in [1.165, 1.54) is 31.5 Å². The highest BCUT2D eigenvalue weighted by atomic mass is 16.1. The smallest absolute Gasteiger partial charge is 0.217 e. The number of nitrogens with one attached hydrogen (secondary N) is 1. The van der Waals surface area contributed by atoms with E-state index in [2.05, 4.69) is 34.5 Å². The van der Waals surface area contributed by atoms with E-state index in [9.17, 15) is 4.79 Å². The van der Waals surface area contributed by atoms with Gasteiger partial charge in [-0.1, -0.05) is 30.3 Å². The molecule has 3 aliphatic heterocycles. The molecule has 1 aromatic carbocycles. The third-order valence-electron chi connectivity index (χ3n) is 4.45. The third-order valence-corrected chi connectivity index (χ3v) is 4.45. The van der Waals surface area contributed by atoms with Gasteiger partial charge in [0, 0.05) is 13.5 Å². The maximum absolute atomic E-state index is 11.6. The molecule has 1 atom stereocenters. The predicted octanol–water partition coefficient (Wildman–Crippen LogP) is 1.74. The molecular weight excluding hydrogens is 224 g/mol. The van der Waals surface area contributed by atoms with Crippen molar-refractivity contribution in [3.05, 3.63) is 35.9 Å². The predicted molar refractivity (Wildman–Crippen MR) is 71.1 cm³/mol. The second-order valence-electron chi connectivity index (χ2n) is 5.57. The first-order valence-corrected chi connectivity index (χ1v) is 6.77. The van der Waals surface area contributed by atoms with Crippen molar-refractivity contribution in [3.63, 3.8) is 0 Å². The van der Waals surface area contributed by atoms with Crippen molar-refractivity contribution in [1.29, 1.82) is 0 Å². The van der Waals surface area contributed by atoms with Gasteiger partial charge in [0.2, 0.25) is 5.91 Å². The van der Waals surface area contributed by atoms with Gasteiger partial charge in [-0.15, -0.1) is 0 Å². The zero-order valence-corrected chi connectivity index (χ0v) is 10.9. The molecule has 3 heteroatoms. The van der Waals surface area contributed by atoms with Gasteiger partial charge in [-0.25, -0.2) is 0 Å². The quantitative estimate of drug-likeness (QED) is 0.859. The molecule has 0 aliphatic carbocycles. The molecule has 96 valence electrons. The van der Waals surface area contributed by atoms with Gasteiger partial charge in [-0.3, -0.25) is 4.79 Å². The fraction of sp³-hybridized carbons (Fsp3) is 0.533. The summed E-state index contributed by atoms with van der Waals surface area (Å²) in [5, 5.41) is 3.26. The lowest BCUT2D eigenvalue weighted by atomic mass is 9.69. The molecule has 3 aliphatic rings. The van der Waals surface area contributed by atoms with Crippen LogP contribution in [0, 0.1) is 5.92 Å². The number of piperidine rings is 3. The largest absolute Gasteiger partial charge is 0.345 e. The van der Waals surface area contributed by atoms with Crippen molar-refractivity contribution in [2.75, 3.05) is 19.6 Å². The van der Waals surface area contributed by atoms with Crippen molar-refractivity contribution in [2.24, 2.45) is 5.92 Å². The fourth-order valence-corrected chi connectivity index (χ4v) is 3.66. The Hall–Kier alpha value is -1.35. The molecule has 1 N–H and O–H groups in total. The summed E-state index contributed by atoms with van der Waals surface area (Å²) in [6.45, 7) is 4.95. The summed E-state index contributed by atoms with van der Waals surface area (Å²) in [4.78, 5) is 14.1. The van der Waals surface area contributed by atoms with Gasteiger partial charge in [-0.05, 0) is 37.4 Å². The van der Waals surface area contributed by atoms with Crippen molar-refractivity contribution in [2.45, 2.75) is 25.3 Å². The van der Waals surface area contributed by atoms with Crippen LogP contribution < -0.4 is 5.32 Å². The van der Waals surface area contributed by atoms with Crippen LogP contribution in [0.3, 0.4) is 0 Å². The monoisotopic (exact) mass is 244 g/mol. The standard InChI is InChI=1S/C15H20N2O/c1-12(18)16-15(13-5-3-2-4-6-13)11-17-9-7-14(15)8-10-17/h2-6,14H,7-11H2,1H3,(H,16,18). The minimum Gasteiger partial charge on any atom is -0.345 e. The highest BCUT2D eigenvalue weighted by Crippen LogP contribution is 2.42. The maximum atomic E-state index is 11.6. The SMILES string of the molecule is CC(=O)NC1(c2ccccc2)CN2CCC1CC2. The van der Waals surface area contributed by atoms with Gasteiger partial charge in [0.25, 0.3) is 0 Å². The number of carbonyl (C=O) groups excluding carboxylic acids is 1. The second-order valence-corrected chi connectivity index (χ2v) is 5.57. The van der Waals surface area contributed by atoms with Gasteiger partial charge in [0.05, 0.1) is 5.54 Å². The minimum atomic E-state index is -0.163. The normalized spacial score (nSPS) is 34.3. The van der Waals surface area contributed by atoms with E-state index in [0.29, 0.717) is 5.92 Å². The van der Waals surface area contributed by atoms with Crippen LogP contribution in [0.15, 0.2) is 30.3 Å². The van der Waals surface area contributed by atoms with E-state index in [0.717, 1.165) is 6.54 Å². The number of amides is 1. The first-order valence-electron chi connectivity index (χ1n) is 6.77. The highest BCUT2D eigenvalue weighted by molar-refractivity contribution is 5.74. The van der Waals surface area contributed by atoms with E-state index >= 15 is 0 Å². The van der Waals surface area contributed by atoms with Gasteiger partial charge in [0.1, 0.15) is 0 Å². The van der Waals surface area contributed by atoms with Gasteiger partial charge >= 0.3 is 0 Å². The van der Waals surface area contributed by atoms with Crippen LogP contribution in [0.25, 0.3) is 0 Å². The van der Waals surface area contributed by atoms with Crippen molar-refractivity contribution >= 4 is 5.91 Å². The highest BCUT2D eigenvalue weighted by Gasteiger charge is 2.48. The third kappa shape index (κ3) is 1.83. The summed E-state index contributed by atoms with van der Waals surface area (Å²) in [7, 11) is 0. The van der Waals surface area contributed by atoms with Crippen molar-refractivity contribution in [3.8, 4) is 0 Å². The molecule has 0 saturated carbocycles. The lowest BCUT2D eigenvalue weighted by Crippen LogP contribution is -2.64. The number of hydrogen-bond acceptors (Lipinski definition) is 2. The van der Waals surface area contributed by atoms with E-state index in [-0.39, 0.29) is 11.4 Å². The summed E-state index contributed by atoms with van der Waals surface area (Å²) in [6.07, 6.45) is 2.38. The number of nitrogens with zero attached hydrogens (tertiary/aromatic N) is 1. The van der Waals surface area contributed by atoms with Gasteiger partial charge in [0.15, 0.2) is 0 Å². The molecule has 0 radical (unpaired) electrons. The molecule has 1 unspecified atom stereocenters. The molecule has 4 rings (SSSR count). The Balaban J connectivity index is 2.01. The zero-order chi connectivity index (χ0) is 12.6. The maximum Gasteiger partial charge on any atom is 0.217 e. The molecule has 2 bridgehead atoms. The average molecular weight is 244 g/mol. The van der Waals surface area contributed by atoms with E-state index in [4.69, 9.17) is 0 Å². The van der Waals surface area contributed by atoms with Crippen LogP contribution in [-0.4, -0.2) is 30.4 Å². The Morgan fingerprint density at radius 2 is 1.94 bits per heavy atom. The molecule has 18 heavy (non-hydrogen) atoms. The summed E-state index contributed by atoms with van der Waals surface area (Å²) in [5.41, 5.74) is 1.10. The van der Waals surface area contributed by atoms with Crippen LogP contribution in [-0.2, 0) is 10.3 Å². The summed E-state index contributed by atoms with van der Waals surface area (Å²) < 4.78 is 0. The fourth-order valence-electron chi connectivity index (χ4n) is 3.66. The topological polar surface area (TPSA) is 32.3 Å². The average Bonchev–Trinajstić information content (AvgIpc) is 2.40. The van der Waals surface area contributed by atoms with Crippen LogP contribution >= 0.6 is 0 Å². The molecule has 1 aromatic rings. The Morgan fingerprint density at radius 3 is 2.44 bits per heavy atom. The first kappa shape index (κ1) is 11.7. The van der Waals surface area contributed by atoms with Crippen molar-refractivity contribution in [1.82, 2.24) is 10.2 Å². The number of hydrogen-bond donors (Lipinski definition) is 1. The summed E-state index contributed by atoms with van der Waals surface area (Å²) >= 11 is 0. The van der Waals surface area contributed by atoms with Crippen LogP contribution in [0.2, 0.25) is 0 Å². The lowest BCUT2D eigenvalue weighted by molar-refractivity contribution is -0.124. The Bertz CT molecular complexity index is 437. The van der Waals surface area contributed by atoms with Crippen LogP contribution in [0.4, 0.5) is 0 Å². The Kier molecular flexibility index (Phi) is 2.86. The molecule has 3 fully saturated rings. The molecule has 1 amide bonds. The van der Waals surface area contributed by atoms with E-state index in [1.807, 2.05) is 6.07 Å². The molecule has 3 saturated heterocycles. The number of benzene rings is 1. The molecule has 0 aromatic heterocycles. The number of carbonyl (C=O) groups is 1. The molecule has 3 heterocycles. The lowest BCUT2D eigenvalue weighted by Gasteiger charge is -2.53. The second kappa shape index (κ2) is 4.39. The Morgan fingerprint density at radius 1 is 1.28 bits per heavy atom. The van der Waals surface area contributed by atoms with Crippen molar-refractivity contribution < 1.29 is 4.79 Å². The van der Waals surface area contributed by atoms with E-state index in [1.54, 1.807) is 6.92 Å². The van der Waals surface area contributed by atoms with Crippen LogP contribution in [0.5, 0.6) is 0 Å². The summed E-state index contributed by atoms with van der Waals surface area (Å²) in [6, 6.07) is 10.5. The summed E-state index contributed by atoms with van der Waals surface area (Å²) in [5.74, 6) is 0.654. The Labute approximate surface area is 108 Å². The first-order chi connectivity index (χ1) is 8.71. The number of rotatable bonds is 2. The zero-order valence-electron chi connectivity index (χ0n) is 10.9. The van der Waals surface area contributed by atoms with E-state index < -0.39 is 0 Å². The number of fused-ring (bicyclic) bond motifs is 3. The molecule has 0 spiro atoms. The molecule has 3 nitrogen and oxygen atoms in total. The van der Waals surface area contributed by atoms with Gasteiger partial charge < -0.3 is 10.2 Å². The molecular formula is C15H20N2O. The minimum absolute atomic E-state index is 0.0765.